The molecule has 1 atom stereocenters. The molecular formula is C15H21BrN2O2. The van der Waals surface area contributed by atoms with Crippen molar-refractivity contribution in [2.45, 2.75) is 32.7 Å². The lowest BCUT2D eigenvalue weighted by molar-refractivity contribution is -0.128. The highest BCUT2D eigenvalue weighted by atomic mass is 79.9. The Labute approximate surface area is 128 Å². The molecule has 0 unspecified atom stereocenters. The van der Waals surface area contributed by atoms with Gasteiger partial charge >= 0.3 is 0 Å². The van der Waals surface area contributed by atoms with Crippen LogP contribution in [-0.4, -0.2) is 24.9 Å². The first kappa shape index (κ1) is 16.7. The summed E-state index contributed by atoms with van der Waals surface area (Å²) in [5, 5.41) is 5.39. The van der Waals surface area contributed by atoms with Crippen LogP contribution < -0.4 is 10.6 Å². The van der Waals surface area contributed by atoms with Gasteiger partial charge in [-0.2, -0.15) is 0 Å². The molecule has 0 heterocycles. The second kappa shape index (κ2) is 8.04. The zero-order chi connectivity index (χ0) is 15.1. The van der Waals surface area contributed by atoms with E-state index in [0.717, 1.165) is 10.0 Å². The topological polar surface area (TPSA) is 58.2 Å². The average Bonchev–Trinajstić information content (AvgIpc) is 2.39. The Bertz CT molecular complexity index is 475. The fraction of sp³-hybridized carbons (Fsp3) is 0.467. The molecule has 0 aromatic heterocycles. The number of hydrogen-bond acceptors (Lipinski definition) is 2. The standard InChI is InChI=1S/C15H21BrN2O2/c1-10(2)8-13(15(20)17-3)18-14(19)9-11-6-4-5-7-12(11)16/h4-7,10,13H,8-9H2,1-3H3,(H,17,20)(H,18,19)/t13-/m1/s1. The van der Waals surface area contributed by atoms with E-state index in [9.17, 15) is 9.59 Å². The predicted octanol–water partition coefficient (Wildman–Crippen LogP) is 2.27. The van der Waals surface area contributed by atoms with Crippen LogP contribution in [0.3, 0.4) is 0 Å². The van der Waals surface area contributed by atoms with Crippen LogP contribution in [0.15, 0.2) is 28.7 Å². The third kappa shape index (κ3) is 5.33. The maximum Gasteiger partial charge on any atom is 0.242 e. The lowest BCUT2D eigenvalue weighted by Gasteiger charge is -2.19. The highest BCUT2D eigenvalue weighted by Gasteiger charge is 2.21. The van der Waals surface area contributed by atoms with Crippen LogP contribution in [0.4, 0.5) is 0 Å². The molecule has 0 aliphatic carbocycles. The van der Waals surface area contributed by atoms with Gasteiger partial charge in [-0.1, -0.05) is 48.0 Å². The Morgan fingerprint density at radius 2 is 1.90 bits per heavy atom. The van der Waals surface area contributed by atoms with Gasteiger partial charge in [0, 0.05) is 11.5 Å². The number of benzene rings is 1. The number of carbonyl (C=O) groups is 2. The third-order valence-electron chi connectivity index (χ3n) is 2.91. The second-order valence-electron chi connectivity index (χ2n) is 5.13. The smallest absolute Gasteiger partial charge is 0.242 e. The van der Waals surface area contributed by atoms with E-state index >= 15 is 0 Å². The summed E-state index contributed by atoms with van der Waals surface area (Å²) in [5.74, 6) is 0.0337. The molecule has 0 saturated carbocycles. The molecule has 5 heteroatoms. The summed E-state index contributed by atoms with van der Waals surface area (Å²) >= 11 is 3.41. The van der Waals surface area contributed by atoms with E-state index in [1.54, 1.807) is 7.05 Å². The molecule has 2 amide bonds. The fourth-order valence-corrected chi connectivity index (χ4v) is 2.36. The minimum absolute atomic E-state index is 0.147. The molecular weight excluding hydrogens is 320 g/mol. The first-order valence-electron chi connectivity index (χ1n) is 6.68. The molecule has 2 N–H and O–H groups in total. The zero-order valence-electron chi connectivity index (χ0n) is 12.1. The van der Waals surface area contributed by atoms with Gasteiger partial charge in [-0.15, -0.1) is 0 Å². The van der Waals surface area contributed by atoms with Gasteiger partial charge < -0.3 is 10.6 Å². The molecule has 0 bridgehead atoms. The molecule has 20 heavy (non-hydrogen) atoms. The summed E-state index contributed by atoms with van der Waals surface area (Å²) < 4.78 is 0.899. The summed E-state index contributed by atoms with van der Waals surface area (Å²) in [7, 11) is 1.58. The van der Waals surface area contributed by atoms with Crippen LogP contribution in [0.1, 0.15) is 25.8 Å². The van der Waals surface area contributed by atoms with Crippen molar-refractivity contribution in [3.8, 4) is 0 Å². The second-order valence-corrected chi connectivity index (χ2v) is 5.99. The SMILES string of the molecule is CNC(=O)[C@@H](CC(C)C)NC(=O)Cc1ccccc1Br. The average molecular weight is 341 g/mol. The number of likely N-dealkylation sites (N-methyl/N-ethyl adjacent to an activating group) is 1. The molecule has 1 rings (SSSR count). The fourth-order valence-electron chi connectivity index (χ4n) is 1.94. The largest absolute Gasteiger partial charge is 0.357 e. The van der Waals surface area contributed by atoms with Crippen LogP contribution in [0, 0.1) is 5.92 Å². The van der Waals surface area contributed by atoms with E-state index in [-0.39, 0.29) is 18.2 Å². The van der Waals surface area contributed by atoms with E-state index < -0.39 is 6.04 Å². The Hall–Kier alpha value is -1.36. The van der Waals surface area contributed by atoms with Gasteiger partial charge in [0.2, 0.25) is 11.8 Å². The molecule has 0 aliphatic rings. The van der Waals surface area contributed by atoms with E-state index in [1.165, 1.54) is 0 Å². The Morgan fingerprint density at radius 3 is 2.45 bits per heavy atom. The Kier molecular flexibility index (Phi) is 6.71. The summed E-state index contributed by atoms with van der Waals surface area (Å²) in [5.41, 5.74) is 0.908. The third-order valence-corrected chi connectivity index (χ3v) is 3.69. The van der Waals surface area contributed by atoms with Crippen molar-refractivity contribution in [1.82, 2.24) is 10.6 Å². The van der Waals surface area contributed by atoms with Crippen molar-refractivity contribution in [1.29, 1.82) is 0 Å². The van der Waals surface area contributed by atoms with Crippen LogP contribution in [0.2, 0.25) is 0 Å². The monoisotopic (exact) mass is 340 g/mol. The number of hydrogen-bond donors (Lipinski definition) is 2. The lowest BCUT2D eigenvalue weighted by Crippen LogP contribution is -2.46. The van der Waals surface area contributed by atoms with Gasteiger partial charge in [-0.3, -0.25) is 9.59 Å². The lowest BCUT2D eigenvalue weighted by atomic mass is 10.0. The number of nitrogens with one attached hydrogen (secondary N) is 2. The molecule has 1 aromatic rings. The number of carbonyl (C=O) groups excluding carboxylic acids is 2. The summed E-state index contributed by atoms with van der Waals surface area (Å²) in [6.07, 6.45) is 0.883. The molecule has 1 aromatic carbocycles. The van der Waals surface area contributed by atoms with Crippen LogP contribution in [-0.2, 0) is 16.0 Å². The summed E-state index contributed by atoms with van der Waals surface area (Å²) in [6.45, 7) is 4.05. The van der Waals surface area contributed by atoms with Gasteiger partial charge in [0.05, 0.1) is 6.42 Å². The van der Waals surface area contributed by atoms with Gasteiger partial charge in [0.25, 0.3) is 0 Å². The first-order chi connectivity index (χ1) is 9.43. The molecule has 0 saturated heterocycles. The van der Waals surface area contributed by atoms with Crippen molar-refractivity contribution >= 4 is 27.7 Å². The maximum atomic E-state index is 12.1. The zero-order valence-corrected chi connectivity index (χ0v) is 13.7. The van der Waals surface area contributed by atoms with Crippen molar-refractivity contribution in [3.63, 3.8) is 0 Å². The minimum Gasteiger partial charge on any atom is -0.357 e. The van der Waals surface area contributed by atoms with Crippen molar-refractivity contribution in [3.05, 3.63) is 34.3 Å². The van der Waals surface area contributed by atoms with Gasteiger partial charge in [-0.25, -0.2) is 0 Å². The van der Waals surface area contributed by atoms with Crippen LogP contribution in [0.25, 0.3) is 0 Å². The predicted molar refractivity (Wildman–Crippen MR) is 83.3 cm³/mol. The Balaban J connectivity index is 2.66. The maximum absolute atomic E-state index is 12.1. The molecule has 4 nitrogen and oxygen atoms in total. The number of halogens is 1. The van der Waals surface area contributed by atoms with Crippen LogP contribution in [0.5, 0.6) is 0 Å². The first-order valence-corrected chi connectivity index (χ1v) is 7.47. The normalized spacial score (nSPS) is 12.1. The molecule has 0 spiro atoms. The van der Waals surface area contributed by atoms with Gasteiger partial charge in [0.1, 0.15) is 6.04 Å². The quantitative estimate of drug-likeness (QED) is 0.834. The van der Waals surface area contributed by atoms with Gasteiger partial charge in [-0.05, 0) is 24.0 Å². The highest BCUT2D eigenvalue weighted by Crippen LogP contribution is 2.16. The molecule has 110 valence electrons. The Morgan fingerprint density at radius 1 is 1.25 bits per heavy atom. The van der Waals surface area contributed by atoms with E-state index in [2.05, 4.69) is 26.6 Å². The number of rotatable bonds is 6. The molecule has 0 fully saturated rings. The molecule has 0 aliphatic heterocycles. The minimum atomic E-state index is -0.477. The van der Waals surface area contributed by atoms with E-state index in [1.807, 2.05) is 38.1 Å². The van der Waals surface area contributed by atoms with Crippen LogP contribution >= 0.6 is 15.9 Å². The van der Waals surface area contributed by atoms with Crippen molar-refractivity contribution in [2.24, 2.45) is 5.92 Å². The number of amides is 2. The van der Waals surface area contributed by atoms with E-state index in [0.29, 0.717) is 12.3 Å². The summed E-state index contributed by atoms with van der Waals surface area (Å²) in [4.78, 5) is 23.8. The molecule has 0 radical (unpaired) electrons. The van der Waals surface area contributed by atoms with Crippen molar-refractivity contribution < 1.29 is 9.59 Å². The van der Waals surface area contributed by atoms with E-state index in [4.69, 9.17) is 0 Å². The van der Waals surface area contributed by atoms with Gasteiger partial charge in [0.15, 0.2) is 0 Å². The summed E-state index contributed by atoms with van der Waals surface area (Å²) in [6, 6.07) is 7.10. The highest BCUT2D eigenvalue weighted by molar-refractivity contribution is 9.10. The van der Waals surface area contributed by atoms with Crippen molar-refractivity contribution in [2.75, 3.05) is 7.05 Å².